The van der Waals surface area contributed by atoms with Crippen LogP contribution in [-0.4, -0.2) is 21.6 Å². The van der Waals surface area contributed by atoms with Crippen LogP contribution in [0.4, 0.5) is 0 Å². The quantitative estimate of drug-likeness (QED) is 0.580. The van der Waals surface area contributed by atoms with E-state index in [1.807, 2.05) is 24.3 Å². The summed E-state index contributed by atoms with van der Waals surface area (Å²) in [5.41, 5.74) is 3.68. The van der Waals surface area contributed by atoms with Gasteiger partial charge in [0.1, 0.15) is 4.32 Å². The summed E-state index contributed by atoms with van der Waals surface area (Å²) < 4.78 is 0.849. The Bertz CT molecular complexity index is 829. The van der Waals surface area contributed by atoms with Crippen molar-refractivity contribution < 1.29 is 0 Å². The first-order valence-corrected chi connectivity index (χ1v) is 9.70. The van der Waals surface area contributed by atoms with Crippen molar-refractivity contribution in [2.24, 2.45) is 0 Å². The summed E-state index contributed by atoms with van der Waals surface area (Å²) in [4.78, 5) is 3.31. The number of benzene rings is 2. The Hall–Kier alpha value is -1.49. The van der Waals surface area contributed by atoms with E-state index in [0.717, 1.165) is 34.5 Å². The van der Waals surface area contributed by atoms with Crippen molar-refractivity contribution in [3.63, 3.8) is 0 Å². The fourth-order valence-corrected chi connectivity index (χ4v) is 3.94. The van der Waals surface area contributed by atoms with E-state index in [1.54, 1.807) is 11.8 Å². The topological polar surface area (TPSA) is 27.8 Å². The standard InChI is InChI=1S/C19H19ClN2S2/c20-17-7-3-1-5-14(17)10-12-24-19(23)21-11-9-15-13-22-18-8-4-2-6-16(15)18/h1-8,13,22H,9-12H2,(H,21,23). The van der Waals surface area contributed by atoms with E-state index >= 15 is 0 Å². The summed E-state index contributed by atoms with van der Waals surface area (Å²) in [7, 11) is 0. The molecular formula is C19H19ClN2S2. The second kappa shape index (κ2) is 8.56. The van der Waals surface area contributed by atoms with Gasteiger partial charge in [0.2, 0.25) is 0 Å². The van der Waals surface area contributed by atoms with Crippen LogP contribution in [0.2, 0.25) is 5.02 Å². The zero-order valence-corrected chi connectivity index (χ0v) is 15.6. The monoisotopic (exact) mass is 374 g/mol. The van der Waals surface area contributed by atoms with Gasteiger partial charge < -0.3 is 10.3 Å². The molecule has 5 heteroatoms. The maximum Gasteiger partial charge on any atom is 0.133 e. The molecule has 2 aromatic carbocycles. The average molecular weight is 375 g/mol. The third kappa shape index (κ3) is 4.53. The van der Waals surface area contributed by atoms with Gasteiger partial charge in [-0.15, -0.1) is 0 Å². The zero-order chi connectivity index (χ0) is 16.8. The molecular weight excluding hydrogens is 356 g/mol. The van der Waals surface area contributed by atoms with Crippen molar-refractivity contribution >= 4 is 50.8 Å². The number of halogens is 1. The summed E-state index contributed by atoms with van der Waals surface area (Å²) in [5, 5.41) is 5.45. The lowest BCUT2D eigenvalue weighted by Gasteiger charge is -2.08. The van der Waals surface area contributed by atoms with Crippen LogP contribution < -0.4 is 5.32 Å². The molecule has 0 unspecified atom stereocenters. The minimum atomic E-state index is 0.830. The molecule has 0 radical (unpaired) electrons. The average Bonchev–Trinajstić information content (AvgIpc) is 3.00. The van der Waals surface area contributed by atoms with Gasteiger partial charge in [-0.2, -0.15) is 0 Å². The normalized spacial score (nSPS) is 10.9. The number of thiocarbonyl (C=S) groups is 1. The van der Waals surface area contributed by atoms with Crippen LogP contribution in [0.25, 0.3) is 10.9 Å². The molecule has 0 aliphatic carbocycles. The van der Waals surface area contributed by atoms with Crippen molar-refractivity contribution in [2.45, 2.75) is 12.8 Å². The van der Waals surface area contributed by atoms with Gasteiger partial charge in [-0.3, -0.25) is 0 Å². The predicted molar refractivity (Wildman–Crippen MR) is 110 cm³/mol. The van der Waals surface area contributed by atoms with E-state index in [2.05, 4.69) is 40.8 Å². The molecule has 3 aromatic rings. The molecule has 0 saturated heterocycles. The van der Waals surface area contributed by atoms with Crippen LogP contribution in [0.5, 0.6) is 0 Å². The number of fused-ring (bicyclic) bond motifs is 1. The number of aryl methyl sites for hydroxylation is 1. The van der Waals surface area contributed by atoms with E-state index in [9.17, 15) is 0 Å². The van der Waals surface area contributed by atoms with Crippen molar-refractivity contribution in [2.75, 3.05) is 12.3 Å². The van der Waals surface area contributed by atoms with Gasteiger partial charge in [0.15, 0.2) is 0 Å². The third-order valence-electron chi connectivity index (χ3n) is 3.90. The van der Waals surface area contributed by atoms with E-state index in [4.69, 9.17) is 23.8 Å². The van der Waals surface area contributed by atoms with Gasteiger partial charge in [0.25, 0.3) is 0 Å². The molecule has 2 N–H and O–H groups in total. The highest BCUT2D eigenvalue weighted by atomic mass is 35.5. The largest absolute Gasteiger partial charge is 0.371 e. The van der Waals surface area contributed by atoms with Crippen LogP contribution in [0, 0.1) is 0 Å². The van der Waals surface area contributed by atoms with Gasteiger partial charge in [-0.1, -0.05) is 72.0 Å². The Morgan fingerprint density at radius 1 is 1.04 bits per heavy atom. The van der Waals surface area contributed by atoms with E-state index in [0.29, 0.717) is 0 Å². The van der Waals surface area contributed by atoms with Crippen LogP contribution >= 0.6 is 35.6 Å². The number of nitrogens with one attached hydrogen (secondary N) is 2. The minimum absolute atomic E-state index is 0.830. The molecule has 0 spiro atoms. The van der Waals surface area contributed by atoms with Crippen LogP contribution in [0.1, 0.15) is 11.1 Å². The SMILES string of the molecule is S=C(NCCc1c[nH]c2ccccc12)SCCc1ccccc1Cl. The van der Waals surface area contributed by atoms with Gasteiger partial charge in [0, 0.05) is 34.4 Å². The van der Waals surface area contributed by atoms with Crippen LogP contribution in [-0.2, 0) is 12.8 Å². The maximum absolute atomic E-state index is 6.17. The first kappa shape index (κ1) is 17.3. The molecule has 0 saturated carbocycles. The summed E-state index contributed by atoms with van der Waals surface area (Å²) in [6.07, 6.45) is 3.96. The van der Waals surface area contributed by atoms with Crippen molar-refractivity contribution in [1.29, 1.82) is 0 Å². The smallest absolute Gasteiger partial charge is 0.133 e. The lowest BCUT2D eigenvalue weighted by atomic mass is 10.1. The lowest BCUT2D eigenvalue weighted by Crippen LogP contribution is -2.21. The number of aromatic amines is 1. The molecule has 0 fully saturated rings. The summed E-state index contributed by atoms with van der Waals surface area (Å²) in [5.74, 6) is 0.933. The fourth-order valence-electron chi connectivity index (χ4n) is 2.64. The Morgan fingerprint density at radius 2 is 1.83 bits per heavy atom. The van der Waals surface area contributed by atoms with Crippen molar-refractivity contribution in [1.82, 2.24) is 10.3 Å². The molecule has 0 atom stereocenters. The van der Waals surface area contributed by atoms with Crippen molar-refractivity contribution in [3.8, 4) is 0 Å². The van der Waals surface area contributed by atoms with Gasteiger partial charge >= 0.3 is 0 Å². The third-order valence-corrected chi connectivity index (χ3v) is 5.58. The number of para-hydroxylation sites is 1. The first-order valence-electron chi connectivity index (χ1n) is 7.93. The Labute approximate surface area is 157 Å². The number of hydrogen-bond acceptors (Lipinski definition) is 2. The molecule has 0 bridgehead atoms. The number of aromatic nitrogens is 1. The first-order chi connectivity index (χ1) is 11.7. The van der Waals surface area contributed by atoms with Crippen LogP contribution in [0.3, 0.4) is 0 Å². The molecule has 1 aromatic heterocycles. The molecule has 0 amide bonds. The lowest BCUT2D eigenvalue weighted by molar-refractivity contribution is 0.887. The maximum atomic E-state index is 6.17. The summed E-state index contributed by atoms with van der Waals surface area (Å²) in [6.45, 7) is 0.847. The zero-order valence-electron chi connectivity index (χ0n) is 13.2. The number of rotatable bonds is 6. The predicted octanol–water partition coefficient (Wildman–Crippen LogP) is 5.21. The highest BCUT2D eigenvalue weighted by Gasteiger charge is 2.04. The summed E-state index contributed by atoms with van der Waals surface area (Å²) >= 11 is 13.2. The Morgan fingerprint density at radius 3 is 2.71 bits per heavy atom. The second-order valence-electron chi connectivity index (χ2n) is 5.51. The van der Waals surface area contributed by atoms with Gasteiger partial charge in [-0.25, -0.2) is 0 Å². The number of hydrogen-bond donors (Lipinski definition) is 2. The number of H-pyrrole nitrogens is 1. The van der Waals surface area contributed by atoms with Crippen LogP contribution in [0.15, 0.2) is 54.7 Å². The molecule has 1 heterocycles. The Kier molecular flexibility index (Phi) is 6.18. The van der Waals surface area contributed by atoms with E-state index < -0.39 is 0 Å². The number of thioether (sulfide) groups is 1. The van der Waals surface area contributed by atoms with Gasteiger partial charge in [0.05, 0.1) is 0 Å². The Balaban J connectivity index is 1.41. The minimum Gasteiger partial charge on any atom is -0.371 e. The van der Waals surface area contributed by atoms with E-state index in [-0.39, 0.29) is 0 Å². The molecule has 3 rings (SSSR count). The molecule has 124 valence electrons. The highest BCUT2D eigenvalue weighted by molar-refractivity contribution is 8.22. The van der Waals surface area contributed by atoms with Gasteiger partial charge in [-0.05, 0) is 36.1 Å². The fraction of sp³-hybridized carbons (Fsp3) is 0.211. The second-order valence-corrected chi connectivity index (χ2v) is 7.69. The molecule has 0 aliphatic heterocycles. The molecule has 2 nitrogen and oxygen atoms in total. The summed E-state index contributed by atoms with van der Waals surface area (Å²) in [6, 6.07) is 16.3. The molecule has 0 aliphatic rings. The highest BCUT2D eigenvalue weighted by Crippen LogP contribution is 2.19. The van der Waals surface area contributed by atoms with E-state index in [1.165, 1.54) is 22.0 Å². The molecule has 24 heavy (non-hydrogen) atoms. The van der Waals surface area contributed by atoms with Crippen molar-refractivity contribution in [3.05, 3.63) is 70.9 Å².